The number of amides is 1. The maximum atomic E-state index is 12.3. The predicted octanol–water partition coefficient (Wildman–Crippen LogP) is 0.412. The molecule has 0 fully saturated rings. The van der Waals surface area contributed by atoms with E-state index in [2.05, 4.69) is 0 Å². The van der Waals surface area contributed by atoms with Gasteiger partial charge >= 0.3 is 5.97 Å². The van der Waals surface area contributed by atoms with Crippen LogP contribution in [-0.2, 0) is 20.6 Å². The molecular formula is C13H18N2O5S. The van der Waals surface area contributed by atoms with Gasteiger partial charge < -0.3 is 10.0 Å². The monoisotopic (exact) mass is 314 g/mol. The number of nitrogens with zero attached hydrogens (tertiary/aromatic N) is 1. The molecule has 0 aliphatic heterocycles. The fourth-order valence-electron chi connectivity index (χ4n) is 1.89. The Balaban J connectivity index is 2.99. The molecule has 3 N–H and O–H groups in total. The maximum absolute atomic E-state index is 12.3. The highest BCUT2D eigenvalue weighted by molar-refractivity contribution is 7.88. The summed E-state index contributed by atoms with van der Waals surface area (Å²) < 4.78 is 22.1. The number of carboxylic acids is 1. The molecule has 0 aliphatic rings. The SMILES string of the molecule is CCCN(CC(=O)O)C(=O)c1cccc(CS(N)(=O)=O)c1. The molecule has 1 rings (SSSR count). The maximum Gasteiger partial charge on any atom is 0.323 e. The van der Waals surface area contributed by atoms with Crippen molar-refractivity contribution in [2.24, 2.45) is 5.14 Å². The van der Waals surface area contributed by atoms with E-state index in [0.717, 1.165) is 0 Å². The third kappa shape index (κ3) is 5.92. The van der Waals surface area contributed by atoms with Crippen LogP contribution in [0.15, 0.2) is 24.3 Å². The number of hydrogen-bond acceptors (Lipinski definition) is 4. The van der Waals surface area contributed by atoms with Crippen molar-refractivity contribution >= 4 is 21.9 Å². The number of primary sulfonamides is 1. The lowest BCUT2D eigenvalue weighted by atomic mass is 10.1. The van der Waals surface area contributed by atoms with Crippen molar-refractivity contribution in [1.29, 1.82) is 0 Å². The Kier molecular flexibility index (Phi) is 5.86. The highest BCUT2D eigenvalue weighted by atomic mass is 32.2. The lowest BCUT2D eigenvalue weighted by Gasteiger charge is -2.20. The summed E-state index contributed by atoms with van der Waals surface area (Å²) in [7, 11) is -3.69. The number of carbonyl (C=O) groups excluding carboxylic acids is 1. The summed E-state index contributed by atoms with van der Waals surface area (Å²) in [5, 5.41) is 13.8. The van der Waals surface area contributed by atoms with Gasteiger partial charge in [-0.15, -0.1) is 0 Å². The summed E-state index contributed by atoms with van der Waals surface area (Å²) in [6, 6.07) is 6.01. The number of nitrogens with two attached hydrogens (primary N) is 1. The number of carbonyl (C=O) groups is 2. The van der Waals surface area contributed by atoms with Gasteiger partial charge in [-0.2, -0.15) is 0 Å². The van der Waals surface area contributed by atoms with E-state index in [1.54, 1.807) is 12.1 Å². The van der Waals surface area contributed by atoms with Crippen molar-refractivity contribution in [3.63, 3.8) is 0 Å². The van der Waals surface area contributed by atoms with E-state index < -0.39 is 28.4 Å². The van der Waals surface area contributed by atoms with Gasteiger partial charge in [0, 0.05) is 12.1 Å². The minimum atomic E-state index is -3.69. The highest BCUT2D eigenvalue weighted by Crippen LogP contribution is 2.11. The van der Waals surface area contributed by atoms with Crippen LogP contribution in [0.2, 0.25) is 0 Å². The average molecular weight is 314 g/mol. The third-order valence-corrected chi connectivity index (χ3v) is 3.38. The van der Waals surface area contributed by atoms with Crippen molar-refractivity contribution in [3.05, 3.63) is 35.4 Å². The molecule has 0 atom stereocenters. The summed E-state index contributed by atoms with van der Waals surface area (Å²) in [5.74, 6) is -1.92. The molecule has 0 radical (unpaired) electrons. The van der Waals surface area contributed by atoms with E-state index in [1.165, 1.54) is 17.0 Å². The Hall–Kier alpha value is -1.93. The van der Waals surface area contributed by atoms with Crippen molar-refractivity contribution in [3.8, 4) is 0 Å². The van der Waals surface area contributed by atoms with Crippen molar-refractivity contribution < 1.29 is 23.1 Å². The number of sulfonamides is 1. The number of aliphatic carboxylic acids is 1. The highest BCUT2D eigenvalue weighted by Gasteiger charge is 2.18. The van der Waals surface area contributed by atoms with Gasteiger partial charge in [0.15, 0.2) is 0 Å². The van der Waals surface area contributed by atoms with Gasteiger partial charge in [-0.1, -0.05) is 19.1 Å². The van der Waals surface area contributed by atoms with Gasteiger partial charge in [-0.3, -0.25) is 9.59 Å². The molecule has 1 aromatic rings. The van der Waals surface area contributed by atoms with Crippen LogP contribution < -0.4 is 5.14 Å². The number of benzene rings is 1. The smallest absolute Gasteiger partial charge is 0.323 e. The Morgan fingerprint density at radius 3 is 2.52 bits per heavy atom. The van der Waals surface area contributed by atoms with Gasteiger partial charge in [0.25, 0.3) is 5.91 Å². The van der Waals surface area contributed by atoms with Gasteiger partial charge in [0.1, 0.15) is 6.54 Å². The van der Waals surface area contributed by atoms with Gasteiger partial charge in [0.05, 0.1) is 5.75 Å². The third-order valence-electron chi connectivity index (χ3n) is 2.65. The first-order valence-electron chi connectivity index (χ1n) is 6.33. The summed E-state index contributed by atoms with van der Waals surface area (Å²) >= 11 is 0. The summed E-state index contributed by atoms with van der Waals surface area (Å²) in [5.41, 5.74) is 0.626. The van der Waals surface area contributed by atoms with Crippen LogP contribution in [0.4, 0.5) is 0 Å². The summed E-state index contributed by atoms with van der Waals surface area (Å²) in [4.78, 5) is 24.3. The van der Waals surface area contributed by atoms with Gasteiger partial charge in [0.2, 0.25) is 10.0 Å². The fraction of sp³-hybridized carbons (Fsp3) is 0.385. The topological polar surface area (TPSA) is 118 Å². The Morgan fingerprint density at radius 1 is 1.33 bits per heavy atom. The average Bonchev–Trinajstić information content (AvgIpc) is 2.35. The molecule has 0 saturated carbocycles. The largest absolute Gasteiger partial charge is 0.480 e. The van der Waals surface area contributed by atoms with Crippen LogP contribution in [0, 0.1) is 0 Å². The fourth-order valence-corrected chi connectivity index (χ4v) is 2.54. The van der Waals surface area contributed by atoms with E-state index in [0.29, 0.717) is 18.5 Å². The Morgan fingerprint density at radius 2 is 2.00 bits per heavy atom. The summed E-state index contributed by atoms with van der Waals surface area (Å²) in [6.07, 6.45) is 0.621. The van der Waals surface area contributed by atoms with Crippen LogP contribution in [0.3, 0.4) is 0 Å². The molecule has 0 unspecified atom stereocenters. The van der Waals surface area contributed by atoms with E-state index >= 15 is 0 Å². The molecule has 0 aromatic heterocycles. The second-order valence-corrected chi connectivity index (χ2v) is 6.24. The molecule has 0 aliphatic carbocycles. The molecule has 7 nitrogen and oxygen atoms in total. The van der Waals surface area contributed by atoms with Gasteiger partial charge in [-0.05, 0) is 24.1 Å². The van der Waals surface area contributed by atoms with E-state index in [4.69, 9.17) is 10.2 Å². The summed E-state index contributed by atoms with van der Waals surface area (Å²) in [6.45, 7) is 1.75. The van der Waals surface area contributed by atoms with E-state index in [9.17, 15) is 18.0 Å². The Bertz CT molecular complexity index is 627. The lowest BCUT2D eigenvalue weighted by molar-refractivity contribution is -0.137. The lowest BCUT2D eigenvalue weighted by Crippen LogP contribution is -2.36. The molecular weight excluding hydrogens is 296 g/mol. The minimum absolute atomic E-state index is 0.242. The molecule has 0 saturated heterocycles. The second-order valence-electron chi connectivity index (χ2n) is 4.63. The molecule has 0 heterocycles. The standard InChI is InChI=1S/C13H18N2O5S/c1-2-6-15(8-12(16)17)13(18)11-5-3-4-10(7-11)9-21(14,19)20/h3-5,7H,2,6,8-9H2,1H3,(H,16,17)(H2,14,19,20). The molecule has 116 valence electrons. The zero-order valence-corrected chi connectivity index (χ0v) is 12.5. The van der Waals surface area contributed by atoms with E-state index in [1.807, 2.05) is 6.92 Å². The van der Waals surface area contributed by atoms with Crippen molar-refractivity contribution in [1.82, 2.24) is 4.90 Å². The first-order valence-corrected chi connectivity index (χ1v) is 8.05. The number of rotatable bonds is 7. The van der Waals surface area contributed by atoms with Crippen LogP contribution >= 0.6 is 0 Å². The predicted molar refractivity (Wildman–Crippen MR) is 77.1 cm³/mol. The molecule has 21 heavy (non-hydrogen) atoms. The first-order chi connectivity index (χ1) is 9.73. The number of hydrogen-bond donors (Lipinski definition) is 2. The van der Waals surface area contributed by atoms with Crippen molar-refractivity contribution in [2.45, 2.75) is 19.1 Å². The molecule has 0 spiro atoms. The number of carboxylic acid groups (broad SMARTS) is 1. The van der Waals surface area contributed by atoms with E-state index in [-0.39, 0.29) is 11.3 Å². The zero-order valence-electron chi connectivity index (χ0n) is 11.7. The van der Waals surface area contributed by atoms with Crippen LogP contribution in [-0.4, -0.2) is 43.4 Å². The van der Waals surface area contributed by atoms with Crippen LogP contribution in [0.5, 0.6) is 0 Å². The Labute approximate surface area is 123 Å². The quantitative estimate of drug-likeness (QED) is 0.756. The molecule has 8 heteroatoms. The van der Waals surface area contributed by atoms with Gasteiger partial charge in [-0.25, -0.2) is 13.6 Å². The van der Waals surface area contributed by atoms with Crippen molar-refractivity contribution in [2.75, 3.05) is 13.1 Å². The molecule has 1 amide bonds. The minimum Gasteiger partial charge on any atom is -0.480 e. The molecule has 0 bridgehead atoms. The van der Waals surface area contributed by atoms with Crippen LogP contribution in [0.25, 0.3) is 0 Å². The zero-order chi connectivity index (χ0) is 16.0. The second kappa shape index (κ2) is 7.19. The first kappa shape index (κ1) is 17.1. The molecule has 1 aromatic carbocycles. The normalized spacial score (nSPS) is 11.1. The van der Waals surface area contributed by atoms with Crippen LogP contribution in [0.1, 0.15) is 29.3 Å².